The third-order valence-corrected chi connectivity index (χ3v) is 7.55. The molecule has 1 aliphatic carbocycles. The summed E-state index contributed by atoms with van der Waals surface area (Å²) >= 11 is 4.04. The average Bonchev–Trinajstić information content (AvgIpc) is 2.81. The van der Waals surface area contributed by atoms with Crippen LogP contribution in [0, 0.1) is 5.41 Å². The van der Waals surface area contributed by atoms with Crippen molar-refractivity contribution in [3.8, 4) is 0 Å². The number of rotatable bonds is 5. The van der Waals surface area contributed by atoms with E-state index in [1.807, 2.05) is 0 Å². The number of sulfonamides is 1. The quantitative estimate of drug-likeness (QED) is 0.799. The van der Waals surface area contributed by atoms with Gasteiger partial charge in [0.05, 0.1) is 3.79 Å². The summed E-state index contributed by atoms with van der Waals surface area (Å²) in [6.45, 7) is 2.49. The van der Waals surface area contributed by atoms with Gasteiger partial charge in [0.2, 0.25) is 10.0 Å². The Morgan fingerprint density at radius 2 is 2.05 bits per heavy atom. The van der Waals surface area contributed by atoms with Crippen LogP contribution < -0.4 is 4.72 Å². The first-order valence-electron chi connectivity index (χ1n) is 6.76. The molecular weight excluding hydrogens is 378 g/mol. The molecule has 0 amide bonds. The van der Waals surface area contributed by atoms with Crippen molar-refractivity contribution in [2.45, 2.75) is 43.9 Å². The SMILES string of the molecule is CC1(CNS(=O)(=O)c2cc(C(=O)O)sc2Br)CCCCC1. The summed E-state index contributed by atoms with van der Waals surface area (Å²) in [7, 11) is -3.69. The number of nitrogens with one attached hydrogen (secondary N) is 1. The van der Waals surface area contributed by atoms with Gasteiger partial charge < -0.3 is 5.11 Å². The van der Waals surface area contributed by atoms with E-state index < -0.39 is 16.0 Å². The summed E-state index contributed by atoms with van der Waals surface area (Å²) in [6, 6.07) is 1.20. The van der Waals surface area contributed by atoms with Crippen LogP contribution in [-0.4, -0.2) is 26.0 Å². The first-order valence-corrected chi connectivity index (χ1v) is 9.85. The molecule has 1 aliphatic rings. The largest absolute Gasteiger partial charge is 0.477 e. The van der Waals surface area contributed by atoms with Gasteiger partial charge in [0.25, 0.3) is 0 Å². The van der Waals surface area contributed by atoms with Crippen molar-refractivity contribution in [3.63, 3.8) is 0 Å². The highest BCUT2D eigenvalue weighted by atomic mass is 79.9. The molecule has 118 valence electrons. The van der Waals surface area contributed by atoms with E-state index in [1.165, 1.54) is 12.5 Å². The Morgan fingerprint density at radius 1 is 1.43 bits per heavy atom. The molecule has 0 aliphatic heterocycles. The molecule has 1 aromatic rings. The van der Waals surface area contributed by atoms with Crippen molar-refractivity contribution >= 4 is 43.3 Å². The van der Waals surface area contributed by atoms with Crippen molar-refractivity contribution in [2.75, 3.05) is 6.54 Å². The molecule has 0 bridgehead atoms. The van der Waals surface area contributed by atoms with E-state index in [4.69, 9.17) is 5.11 Å². The van der Waals surface area contributed by atoms with E-state index in [0.717, 1.165) is 37.0 Å². The Bertz CT molecular complexity index is 633. The number of carbonyl (C=O) groups is 1. The topological polar surface area (TPSA) is 83.5 Å². The highest BCUT2D eigenvalue weighted by Crippen LogP contribution is 2.36. The second-order valence-electron chi connectivity index (χ2n) is 5.75. The molecule has 1 heterocycles. The monoisotopic (exact) mass is 395 g/mol. The van der Waals surface area contributed by atoms with E-state index in [2.05, 4.69) is 27.6 Å². The number of carboxylic acids is 1. The molecule has 1 aromatic heterocycles. The number of thiophene rings is 1. The molecule has 8 heteroatoms. The van der Waals surface area contributed by atoms with Gasteiger partial charge in [0, 0.05) is 6.54 Å². The molecular formula is C13H18BrNO4S2. The summed E-state index contributed by atoms with van der Waals surface area (Å²) in [5.41, 5.74) is -0.0105. The zero-order valence-electron chi connectivity index (χ0n) is 11.7. The summed E-state index contributed by atoms with van der Waals surface area (Å²) in [5, 5.41) is 8.94. The molecule has 1 saturated carbocycles. The van der Waals surface area contributed by atoms with Crippen LogP contribution in [0.15, 0.2) is 14.7 Å². The zero-order valence-corrected chi connectivity index (χ0v) is 14.9. The molecule has 0 radical (unpaired) electrons. The van der Waals surface area contributed by atoms with Crippen LogP contribution in [-0.2, 0) is 10.0 Å². The fourth-order valence-corrected chi connectivity index (χ4v) is 6.17. The van der Waals surface area contributed by atoms with Gasteiger partial charge in [-0.2, -0.15) is 0 Å². The molecule has 2 rings (SSSR count). The molecule has 0 unspecified atom stereocenters. The molecule has 0 saturated heterocycles. The first-order chi connectivity index (χ1) is 9.73. The van der Waals surface area contributed by atoms with Crippen LogP contribution in [0.4, 0.5) is 0 Å². The van der Waals surface area contributed by atoms with E-state index in [1.54, 1.807) is 0 Å². The second kappa shape index (κ2) is 6.36. The minimum atomic E-state index is -3.69. The summed E-state index contributed by atoms with van der Waals surface area (Å²) < 4.78 is 27.6. The Kier molecular flexibility index (Phi) is 5.12. The van der Waals surface area contributed by atoms with Crippen LogP contribution in [0.25, 0.3) is 0 Å². The number of hydrogen-bond acceptors (Lipinski definition) is 4. The van der Waals surface area contributed by atoms with Gasteiger partial charge in [0.15, 0.2) is 0 Å². The third kappa shape index (κ3) is 4.06. The molecule has 2 N–H and O–H groups in total. The maximum atomic E-state index is 12.3. The van der Waals surface area contributed by atoms with Gasteiger partial charge in [0.1, 0.15) is 9.77 Å². The average molecular weight is 396 g/mol. The van der Waals surface area contributed by atoms with E-state index in [0.29, 0.717) is 10.3 Å². The molecule has 0 atom stereocenters. The molecule has 0 spiro atoms. The van der Waals surface area contributed by atoms with Crippen molar-refractivity contribution < 1.29 is 18.3 Å². The minimum Gasteiger partial charge on any atom is -0.477 e. The smallest absolute Gasteiger partial charge is 0.345 e. The van der Waals surface area contributed by atoms with Gasteiger partial charge in [-0.15, -0.1) is 11.3 Å². The predicted molar refractivity (Wildman–Crippen MR) is 85.4 cm³/mol. The molecule has 1 fully saturated rings. The fourth-order valence-electron chi connectivity index (χ4n) is 2.57. The van der Waals surface area contributed by atoms with Crippen molar-refractivity contribution in [1.82, 2.24) is 4.72 Å². The van der Waals surface area contributed by atoms with Gasteiger partial charge in [-0.1, -0.05) is 26.2 Å². The van der Waals surface area contributed by atoms with E-state index in [9.17, 15) is 13.2 Å². The summed E-state index contributed by atoms with van der Waals surface area (Å²) in [4.78, 5) is 10.9. The summed E-state index contributed by atoms with van der Waals surface area (Å²) in [6.07, 6.45) is 5.49. The molecule has 0 aromatic carbocycles. The number of hydrogen-bond donors (Lipinski definition) is 2. The maximum absolute atomic E-state index is 12.3. The zero-order chi connectivity index (χ0) is 15.7. The Labute approximate surface area is 136 Å². The Morgan fingerprint density at radius 3 is 2.57 bits per heavy atom. The first kappa shape index (κ1) is 16.9. The van der Waals surface area contributed by atoms with Gasteiger partial charge in [-0.05, 0) is 40.3 Å². The van der Waals surface area contributed by atoms with Gasteiger partial charge in [-0.25, -0.2) is 17.9 Å². The molecule has 5 nitrogen and oxygen atoms in total. The fraction of sp³-hybridized carbons (Fsp3) is 0.615. The third-order valence-electron chi connectivity index (χ3n) is 3.91. The standard InChI is InChI=1S/C13H18BrNO4S2/c1-13(5-3-2-4-6-13)8-15-21(18,19)10-7-9(12(16)17)20-11(10)14/h7,15H,2-6,8H2,1H3,(H,16,17). The lowest BCUT2D eigenvalue weighted by Gasteiger charge is -2.33. The number of halogens is 1. The maximum Gasteiger partial charge on any atom is 0.345 e. The van der Waals surface area contributed by atoms with Crippen molar-refractivity contribution in [1.29, 1.82) is 0 Å². The summed E-state index contributed by atoms with van der Waals surface area (Å²) in [5.74, 6) is -1.12. The van der Waals surface area contributed by atoms with Crippen LogP contribution in [0.1, 0.15) is 48.7 Å². The van der Waals surface area contributed by atoms with Crippen molar-refractivity contribution in [3.05, 3.63) is 14.7 Å². The lowest BCUT2D eigenvalue weighted by Crippen LogP contribution is -2.37. The number of carboxylic acid groups (broad SMARTS) is 1. The van der Waals surface area contributed by atoms with Gasteiger partial charge >= 0.3 is 5.97 Å². The van der Waals surface area contributed by atoms with Crippen LogP contribution in [0.5, 0.6) is 0 Å². The Hall–Kier alpha value is -0.440. The van der Waals surface area contributed by atoms with Gasteiger partial charge in [-0.3, -0.25) is 0 Å². The van der Waals surface area contributed by atoms with Crippen molar-refractivity contribution in [2.24, 2.45) is 5.41 Å². The number of aromatic carboxylic acids is 1. The second-order valence-corrected chi connectivity index (χ2v) is 9.86. The van der Waals surface area contributed by atoms with E-state index >= 15 is 0 Å². The van der Waals surface area contributed by atoms with Crippen LogP contribution in [0.2, 0.25) is 0 Å². The van der Waals surface area contributed by atoms with E-state index in [-0.39, 0.29) is 15.2 Å². The minimum absolute atomic E-state index is 0.00399. The highest BCUT2D eigenvalue weighted by molar-refractivity contribution is 9.11. The predicted octanol–water partition coefficient (Wildman–Crippen LogP) is 3.46. The highest BCUT2D eigenvalue weighted by Gasteiger charge is 2.30. The van der Waals surface area contributed by atoms with Crippen LogP contribution in [0.3, 0.4) is 0 Å². The normalized spacial score (nSPS) is 18.6. The molecule has 21 heavy (non-hydrogen) atoms. The Balaban J connectivity index is 2.13. The lowest BCUT2D eigenvalue weighted by atomic mass is 9.76. The lowest BCUT2D eigenvalue weighted by molar-refractivity contribution is 0.0702. The van der Waals surface area contributed by atoms with Crippen LogP contribution >= 0.6 is 27.3 Å².